The maximum absolute atomic E-state index is 11.8. The maximum Gasteiger partial charge on any atom is 0.222 e. The van der Waals surface area contributed by atoms with Gasteiger partial charge in [0.25, 0.3) is 0 Å². The zero-order valence-corrected chi connectivity index (χ0v) is 12.5. The third kappa shape index (κ3) is 3.97. The molecular formula is C16H24N2O2. The second-order valence-electron chi connectivity index (χ2n) is 5.27. The van der Waals surface area contributed by atoms with E-state index in [1.165, 1.54) is 11.3 Å². The molecule has 1 fully saturated rings. The summed E-state index contributed by atoms with van der Waals surface area (Å²) in [6.07, 6.45) is 1.53. The number of ether oxygens (including phenoxy) is 1. The summed E-state index contributed by atoms with van der Waals surface area (Å²) >= 11 is 0. The van der Waals surface area contributed by atoms with Gasteiger partial charge in [-0.1, -0.05) is 19.1 Å². The quantitative estimate of drug-likeness (QED) is 0.827. The Kier molecular flexibility index (Phi) is 5.41. The molecule has 0 aromatic heterocycles. The lowest BCUT2D eigenvalue weighted by Gasteiger charge is -2.29. The minimum atomic E-state index is 0.213. The number of amides is 1. The van der Waals surface area contributed by atoms with Gasteiger partial charge < -0.3 is 14.5 Å². The monoisotopic (exact) mass is 276 g/mol. The molecule has 0 atom stereocenters. The number of rotatable bonds is 5. The smallest absolute Gasteiger partial charge is 0.222 e. The minimum absolute atomic E-state index is 0.213. The van der Waals surface area contributed by atoms with E-state index in [-0.39, 0.29) is 5.91 Å². The molecular weight excluding hydrogens is 252 g/mol. The summed E-state index contributed by atoms with van der Waals surface area (Å²) < 4.78 is 5.36. The van der Waals surface area contributed by atoms with Crippen molar-refractivity contribution in [1.82, 2.24) is 4.90 Å². The van der Waals surface area contributed by atoms with Gasteiger partial charge >= 0.3 is 0 Å². The van der Waals surface area contributed by atoms with Gasteiger partial charge in [-0.05, 0) is 24.1 Å². The molecule has 110 valence electrons. The fourth-order valence-corrected chi connectivity index (χ4v) is 2.40. The molecule has 4 nitrogen and oxygen atoms in total. The number of hydrogen-bond acceptors (Lipinski definition) is 3. The van der Waals surface area contributed by atoms with Crippen LogP contribution in [-0.2, 0) is 16.1 Å². The van der Waals surface area contributed by atoms with Crippen molar-refractivity contribution in [2.24, 2.45) is 0 Å². The Morgan fingerprint density at radius 2 is 1.90 bits per heavy atom. The molecule has 0 saturated carbocycles. The molecule has 0 N–H and O–H groups in total. The van der Waals surface area contributed by atoms with Gasteiger partial charge in [-0.3, -0.25) is 4.79 Å². The average Bonchev–Trinajstić information content (AvgIpc) is 2.49. The van der Waals surface area contributed by atoms with Gasteiger partial charge in [0.15, 0.2) is 0 Å². The number of hydrogen-bond donors (Lipinski definition) is 0. The minimum Gasteiger partial charge on any atom is -0.378 e. The molecule has 1 amide bonds. The van der Waals surface area contributed by atoms with Gasteiger partial charge in [0.1, 0.15) is 0 Å². The highest BCUT2D eigenvalue weighted by molar-refractivity contribution is 5.75. The largest absolute Gasteiger partial charge is 0.378 e. The Morgan fingerprint density at radius 3 is 2.50 bits per heavy atom. The highest BCUT2D eigenvalue weighted by Gasteiger charge is 2.12. The maximum atomic E-state index is 11.8. The van der Waals surface area contributed by atoms with E-state index in [0.29, 0.717) is 13.0 Å². The number of nitrogens with zero attached hydrogens (tertiary/aromatic N) is 2. The molecule has 0 unspecified atom stereocenters. The van der Waals surface area contributed by atoms with Crippen molar-refractivity contribution in [1.29, 1.82) is 0 Å². The molecule has 1 heterocycles. The second kappa shape index (κ2) is 7.29. The van der Waals surface area contributed by atoms with Crippen molar-refractivity contribution in [2.75, 3.05) is 38.3 Å². The summed E-state index contributed by atoms with van der Waals surface area (Å²) in [5.41, 5.74) is 2.41. The highest BCUT2D eigenvalue weighted by atomic mass is 16.5. The number of benzene rings is 1. The van der Waals surface area contributed by atoms with Crippen molar-refractivity contribution < 1.29 is 9.53 Å². The first kappa shape index (κ1) is 14.9. The van der Waals surface area contributed by atoms with Gasteiger partial charge in [0, 0.05) is 38.8 Å². The SMILES string of the molecule is CCCC(=O)N(C)Cc1ccc(N2CCOCC2)cc1. The van der Waals surface area contributed by atoms with Crippen molar-refractivity contribution in [3.05, 3.63) is 29.8 Å². The van der Waals surface area contributed by atoms with Crippen LogP contribution in [0.4, 0.5) is 5.69 Å². The number of carbonyl (C=O) groups is 1. The fraction of sp³-hybridized carbons (Fsp3) is 0.562. The first-order chi connectivity index (χ1) is 9.70. The third-order valence-electron chi connectivity index (χ3n) is 3.62. The first-order valence-electron chi connectivity index (χ1n) is 7.36. The Hall–Kier alpha value is -1.55. The lowest BCUT2D eigenvalue weighted by atomic mass is 10.1. The molecule has 1 aromatic carbocycles. The van der Waals surface area contributed by atoms with Crippen molar-refractivity contribution in [3.8, 4) is 0 Å². The molecule has 2 rings (SSSR count). The first-order valence-corrected chi connectivity index (χ1v) is 7.36. The van der Waals surface area contributed by atoms with Crippen LogP contribution >= 0.6 is 0 Å². The van der Waals surface area contributed by atoms with Gasteiger partial charge in [-0.2, -0.15) is 0 Å². The molecule has 1 aromatic rings. The average molecular weight is 276 g/mol. The van der Waals surface area contributed by atoms with E-state index in [9.17, 15) is 4.79 Å². The zero-order chi connectivity index (χ0) is 14.4. The molecule has 0 spiro atoms. The molecule has 1 saturated heterocycles. The van der Waals surface area contributed by atoms with E-state index in [2.05, 4.69) is 29.2 Å². The Labute approximate surface area is 121 Å². The summed E-state index contributed by atoms with van der Waals surface area (Å²) in [4.78, 5) is 15.9. The summed E-state index contributed by atoms with van der Waals surface area (Å²) in [7, 11) is 1.87. The lowest BCUT2D eigenvalue weighted by Crippen LogP contribution is -2.36. The number of carbonyl (C=O) groups excluding carboxylic acids is 1. The number of anilines is 1. The van der Waals surface area contributed by atoms with E-state index in [0.717, 1.165) is 32.7 Å². The van der Waals surface area contributed by atoms with Crippen LogP contribution in [0.5, 0.6) is 0 Å². The van der Waals surface area contributed by atoms with Gasteiger partial charge in [0.05, 0.1) is 13.2 Å². The molecule has 20 heavy (non-hydrogen) atoms. The summed E-state index contributed by atoms with van der Waals surface area (Å²) in [5, 5.41) is 0. The molecule has 0 aliphatic carbocycles. The fourth-order valence-electron chi connectivity index (χ4n) is 2.40. The Balaban J connectivity index is 1.92. The molecule has 0 radical (unpaired) electrons. The molecule has 0 bridgehead atoms. The Morgan fingerprint density at radius 1 is 1.25 bits per heavy atom. The molecule has 4 heteroatoms. The molecule has 1 aliphatic rings. The predicted molar refractivity (Wildman–Crippen MR) is 80.9 cm³/mol. The second-order valence-corrected chi connectivity index (χ2v) is 5.27. The van der Waals surface area contributed by atoms with Gasteiger partial charge in [-0.15, -0.1) is 0 Å². The summed E-state index contributed by atoms with van der Waals surface area (Å²) in [5.74, 6) is 0.213. The van der Waals surface area contributed by atoms with Crippen molar-refractivity contribution in [3.63, 3.8) is 0 Å². The van der Waals surface area contributed by atoms with Crippen LogP contribution in [-0.4, -0.2) is 44.2 Å². The van der Waals surface area contributed by atoms with E-state index < -0.39 is 0 Å². The summed E-state index contributed by atoms with van der Waals surface area (Å²) in [6, 6.07) is 8.50. The summed E-state index contributed by atoms with van der Waals surface area (Å²) in [6.45, 7) is 6.22. The van der Waals surface area contributed by atoms with E-state index in [1.54, 1.807) is 4.90 Å². The van der Waals surface area contributed by atoms with Gasteiger partial charge in [0.2, 0.25) is 5.91 Å². The standard InChI is InChI=1S/C16H24N2O2/c1-3-4-16(19)17(2)13-14-5-7-15(8-6-14)18-9-11-20-12-10-18/h5-8H,3-4,9-13H2,1-2H3. The predicted octanol–water partition coefficient (Wildman–Crippen LogP) is 2.28. The third-order valence-corrected chi connectivity index (χ3v) is 3.62. The molecule has 1 aliphatic heterocycles. The van der Waals surface area contributed by atoms with Gasteiger partial charge in [-0.25, -0.2) is 0 Å². The van der Waals surface area contributed by atoms with Crippen LogP contribution < -0.4 is 4.90 Å². The van der Waals surface area contributed by atoms with Crippen molar-refractivity contribution in [2.45, 2.75) is 26.3 Å². The van der Waals surface area contributed by atoms with Crippen molar-refractivity contribution >= 4 is 11.6 Å². The normalized spacial score (nSPS) is 15.2. The highest BCUT2D eigenvalue weighted by Crippen LogP contribution is 2.17. The Bertz CT molecular complexity index is 425. The van der Waals surface area contributed by atoms with E-state index in [1.807, 2.05) is 14.0 Å². The van der Waals surface area contributed by atoms with Crippen LogP contribution in [0.3, 0.4) is 0 Å². The lowest BCUT2D eigenvalue weighted by molar-refractivity contribution is -0.130. The number of morpholine rings is 1. The van der Waals surface area contributed by atoms with Crippen LogP contribution in [0.15, 0.2) is 24.3 Å². The topological polar surface area (TPSA) is 32.8 Å². The van der Waals surface area contributed by atoms with E-state index in [4.69, 9.17) is 4.74 Å². The van der Waals surface area contributed by atoms with Crippen LogP contribution in [0.1, 0.15) is 25.3 Å². The van der Waals surface area contributed by atoms with Crippen LogP contribution in [0, 0.1) is 0 Å². The zero-order valence-electron chi connectivity index (χ0n) is 12.5. The van der Waals surface area contributed by atoms with Crippen LogP contribution in [0.25, 0.3) is 0 Å². The van der Waals surface area contributed by atoms with E-state index >= 15 is 0 Å². The van der Waals surface area contributed by atoms with Crippen LogP contribution in [0.2, 0.25) is 0 Å².